The molecule has 2 aromatic heterocycles. The summed E-state index contributed by atoms with van der Waals surface area (Å²) in [6, 6.07) is 12.0. The van der Waals surface area contributed by atoms with Gasteiger partial charge in [0.05, 0.1) is 24.9 Å². The van der Waals surface area contributed by atoms with Gasteiger partial charge in [0.1, 0.15) is 18.0 Å². The van der Waals surface area contributed by atoms with E-state index in [9.17, 15) is 20.0 Å². The lowest BCUT2D eigenvalue weighted by molar-refractivity contribution is -0.130. The Morgan fingerprint density at radius 2 is 2.16 bits per heavy atom. The second-order valence-corrected chi connectivity index (χ2v) is 9.65. The third kappa shape index (κ3) is 5.01. The highest BCUT2D eigenvalue weighted by atomic mass is 16.5. The normalized spacial score (nSPS) is 23.4. The second kappa shape index (κ2) is 10.6. The maximum Gasteiger partial charge on any atom is 0.238 e. The van der Waals surface area contributed by atoms with Gasteiger partial charge in [-0.3, -0.25) is 19.5 Å². The van der Waals surface area contributed by atoms with E-state index in [1.165, 1.54) is 0 Å². The third-order valence-electron chi connectivity index (χ3n) is 7.43. The number of likely N-dealkylation sites (tertiary alicyclic amines) is 1. The summed E-state index contributed by atoms with van der Waals surface area (Å²) in [5.74, 6) is -0.0337. The minimum atomic E-state index is -1.08. The van der Waals surface area contributed by atoms with Crippen molar-refractivity contribution in [3.8, 4) is 11.8 Å². The number of carbonyl (C=O) groups is 2. The monoisotopic (exact) mass is 502 g/mol. The second-order valence-electron chi connectivity index (χ2n) is 9.65. The molecular weight excluding hydrogens is 472 g/mol. The molecule has 2 aliphatic rings. The van der Waals surface area contributed by atoms with Crippen LogP contribution in [-0.2, 0) is 9.59 Å². The van der Waals surface area contributed by atoms with E-state index in [0.29, 0.717) is 37.4 Å². The van der Waals surface area contributed by atoms with E-state index in [0.717, 1.165) is 16.5 Å². The fourth-order valence-corrected chi connectivity index (χ4v) is 5.48. The first kappa shape index (κ1) is 24.7. The molecule has 10 nitrogen and oxygen atoms in total. The Morgan fingerprint density at radius 3 is 2.86 bits per heavy atom. The molecule has 4 N–H and O–H groups in total. The largest absolute Gasteiger partial charge is 0.496 e. The summed E-state index contributed by atoms with van der Waals surface area (Å²) in [7, 11) is 1.60. The number of rotatable bonds is 8. The molecule has 1 aromatic carbocycles. The number of hydrogen-bond donors (Lipinski definition) is 4. The lowest BCUT2D eigenvalue weighted by Gasteiger charge is -2.29. The van der Waals surface area contributed by atoms with E-state index in [-0.39, 0.29) is 30.1 Å². The van der Waals surface area contributed by atoms with Crippen LogP contribution in [0.5, 0.6) is 5.75 Å². The van der Waals surface area contributed by atoms with E-state index in [4.69, 9.17) is 4.74 Å². The molecule has 4 heterocycles. The summed E-state index contributed by atoms with van der Waals surface area (Å²) >= 11 is 0. The minimum Gasteiger partial charge on any atom is -0.496 e. The van der Waals surface area contributed by atoms with Crippen molar-refractivity contribution in [3.05, 3.63) is 60.0 Å². The molecule has 5 rings (SSSR count). The number of carbonyl (C=O) groups excluding carboxylic acids is 2. The molecule has 2 aliphatic heterocycles. The zero-order valence-electron chi connectivity index (χ0n) is 20.6. The van der Waals surface area contributed by atoms with Crippen molar-refractivity contribution in [2.24, 2.45) is 5.92 Å². The molecule has 0 saturated carbocycles. The number of hydrogen-bond acceptors (Lipinski definition) is 7. The highest BCUT2D eigenvalue weighted by Crippen LogP contribution is 2.38. The predicted octanol–water partition coefficient (Wildman–Crippen LogP) is 1.96. The quantitative estimate of drug-likeness (QED) is 0.369. The molecule has 0 bridgehead atoms. The van der Waals surface area contributed by atoms with E-state index in [1.807, 2.05) is 36.4 Å². The van der Waals surface area contributed by atoms with Crippen LogP contribution in [0.2, 0.25) is 0 Å². The molecule has 3 aromatic rings. The van der Waals surface area contributed by atoms with E-state index >= 15 is 0 Å². The molecule has 0 spiro atoms. The van der Waals surface area contributed by atoms with Crippen LogP contribution in [-0.4, -0.2) is 64.1 Å². The summed E-state index contributed by atoms with van der Waals surface area (Å²) in [5.41, 5.74) is 2.39. The van der Waals surface area contributed by atoms with Gasteiger partial charge in [0.25, 0.3) is 0 Å². The summed E-state index contributed by atoms with van der Waals surface area (Å²) in [6.45, 7) is 1.03. The number of aromatic nitrogens is 2. The van der Waals surface area contributed by atoms with Gasteiger partial charge >= 0.3 is 0 Å². The number of nitriles is 1. The first-order valence-electron chi connectivity index (χ1n) is 12.5. The van der Waals surface area contributed by atoms with E-state index < -0.39 is 18.3 Å². The van der Waals surface area contributed by atoms with Gasteiger partial charge in [0.15, 0.2) is 0 Å². The first-order valence-corrected chi connectivity index (χ1v) is 12.5. The van der Waals surface area contributed by atoms with Crippen molar-refractivity contribution >= 4 is 22.7 Å². The average molecular weight is 503 g/mol. The van der Waals surface area contributed by atoms with Crippen LogP contribution in [0.15, 0.2) is 48.8 Å². The molecule has 2 amide bonds. The fraction of sp³-hybridized carbons (Fsp3) is 0.407. The molecule has 2 saturated heterocycles. The molecule has 37 heavy (non-hydrogen) atoms. The van der Waals surface area contributed by atoms with Crippen LogP contribution < -0.4 is 15.4 Å². The topological polar surface area (TPSA) is 143 Å². The first-order chi connectivity index (χ1) is 18.0. The van der Waals surface area contributed by atoms with E-state index in [2.05, 4.69) is 26.7 Å². The molecule has 192 valence electrons. The number of fused-ring (bicyclic) bond motifs is 1. The van der Waals surface area contributed by atoms with Gasteiger partial charge in [0, 0.05) is 42.3 Å². The molecule has 5 unspecified atom stereocenters. The van der Waals surface area contributed by atoms with Crippen molar-refractivity contribution in [2.75, 3.05) is 20.2 Å². The van der Waals surface area contributed by atoms with Crippen LogP contribution in [0.25, 0.3) is 10.9 Å². The summed E-state index contributed by atoms with van der Waals surface area (Å²) in [5, 5.41) is 27.6. The molecular formula is C27H30N6O4. The van der Waals surface area contributed by atoms with Crippen molar-refractivity contribution in [3.63, 3.8) is 0 Å². The van der Waals surface area contributed by atoms with Crippen molar-refractivity contribution in [1.29, 1.82) is 5.26 Å². The predicted molar refractivity (Wildman–Crippen MR) is 135 cm³/mol. The maximum atomic E-state index is 13.5. The highest BCUT2D eigenvalue weighted by molar-refractivity contribution is 5.87. The maximum absolute atomic E-state index is 13.5. The van der Waals surface area contributed by atoms with Crippen LogP contribution >= 0.6 is 0 Å². The average Bonchev–Trinajstić information content (AvgIpc) is 3.66. The zero-order valence-corrected chi connectivity index (χ0v) is 20.6. The van der Waals surface area contributed by atoms with Crippen LogP contribution in [0.3, 0.4) is 0 Å². The zero-order chi connectivity index (χ0) is 25.9. The molecule has 0 radical (unpaired) electrons. The van der Waals surface area contributed by atoms with Gasteiger partial charge < -0.3 is 25.5 Å². The standard InChI is InChI=1S/C27H30N6O4/c1-37-24-4-2-3-21-20(24)13-22(32-21)27(36)33-15-18(16-5-8-29-9-6-16)12-23(33)26(35)31-19(14-28)11-17-7-10-30-25(17)34/h2-6,8-9,13,17-19,23,27,32,36H,7,10-12,15H2,1H3,(H,30,34)(H,31,35). The molecule has 0 aliphatic carbocycles. The van der Waals surface area contributed by atoms with Gasteiger partial charge in [0.2, 0.25) is 11.8 Å². The number of aliphatic hydroxyl groups excluding tert-OH is 1. The number of benzene rings is 1. The molecule has 5 atom stereocenters. The van der Waals surface area contributed by atoms with Gasteiger partial charge in [-0.15, -0.1) is 0 Å². The van der Waals surface area contributed by atoms with Gasteiger partial charge in [-0.05, 0) is 61.1 Å². The lowest BCUT2D eigenvalue weighted by Crippen LogP contribution is -2.48. The number of aromatic amines is 1. The van der Waals surface area contributed by atoms with Crippen molar-refractivity contribution in [2.45, 2.75) is 43.5 Å². The highest BCUT2D eigenvalue weighted by Gasteiger charge is 2.42. The SMILES string of the molecule is COc1cccc2[nH]c(C(O)N3CC(c4ccncc4)CC3C(=O)NC(C#N)CC3CCNC3=O)cc12. The summed E-state index contributed by atoms with van der Waals surface area (Å²) in [6.07, 6.45) is 3.73. The van der Waals surface area contributed by atoms with Crippen LogP contribution in [0, 0.1) is 17.2 Å². The number of amides is 2. The Labute approximate surface area is 214 Å². The Morgan fingerprint density at radius 1 is 1.35 bits per heavy atom. The third-order valence-corrected chi connectivity index (χ3v) is 7.43. The van der Waals surface area contributed by atoms with Crippen molar-refractivity contribution < 1.29 is 19.4 Å². The Hall–Kier alpha value is -3.94. The number of ether oxygens (including phenoxy) is 1. The number of nitrogens with one attached hydrogen (secondary N) is 3. The van der Waals surface area contributed by atoms with Gasteiger partial charge in [-0.25, -0.2) is 0 Å². The van der Waals surface area contributed by atoms with Crippen LogP contribution in [0.1, 0.15) is 42.7 Å². The number of pyridine rings is 1. The van der Waals surface area contributed by atoms with Crippen LogP contribution in [0.4, 0.5) is 0 Å². The number of nitrogens with zero attached hydrogens (tertiary/aromatic N) is 3. The lowest BCUT2D eigenvalue weighted by atomic mass is 9.96. The molecule has 2 fully saturated rings. The molecule has 10 heteroatoms. The van der Waals surface area contributed by atoms with Crippen molar-refractivity contribution in [1.82, 2.24) is 25.5 Å². The number of H-pyrrole nitrogens is 1. The van der Waals surface area contributed by atoms with E-state index in [1.54, 1.807) is 24.4 Å². The Bertz CT molecular complexity index is 1320. The van der Waals surface area contributed by atoms with Gasteiger partial charge in [-0.2, -0.15) is 5.26 Å². The number of aliphatic hydroxyl groups is 1. The Balaban J connectivity index is 1.39. The summed E-state index contributed by atoms with van der Waals surface area (Å²) < 4.78 is 5.45. The Kier molecular flexibility index (Phi) is 7.08. The fourth-order valence-electron chi connectivity index (χ4n) is 5.48. The minimum absolute atomic E-state index is 0.00606. The number of methoxy groups -OCH3 is 1. The summed E-state index contributed by atoms with van der Waals surface area (Å²) in [4.78, 5) is 34.6. The van der Waals surface area contributed by atoms with Gasteiger partial charge in [-0.1, -0.05) is 6.07 Å². The smallest absolute Gasteiger partial charge is 0.238 e.